The van der Waals surface area contributed by atoms with E-state index in [0.29, 0.717) is 0 Å². The molecule has 3 heteroatoms. The van der Waals surface area contributed by atoms with Crippen molar-refractivity contribution in [3.05, 3.63) is 16.8 Å². The predicted octanol–water partition coefficient (Wildman–Crippen LogP) is 3.88. The predicted molar refractivity (Wildman–Crippen MR) is 89.1 cm³/mol. The fraction of sp³-hybridized carbons (Fsp3) is 0.765. The monoisotopic (exact) mass is 382 g/mol. The van der Waals surface area contributed by atoms with E-state index in [1.165, 1.54) is 60.8 Å². The van der Waals surface area contributed by atoms with Gasteiger partial charge in [0.2, 0.25) is 0 Å². The van der Waals surface area contributed by atoms with E-state index >= 15 is 0 Å². The zero-order valence-corrected chi connectivity index (χ0v) is 16.6. The molecule has 1 heterocycles. The van der Waals surface area contributed by atoms with E-state index in [4.69, 9.17) is 0 Å². The number of aryl methyl sites for hydroxylation is 1. The molecule has 0 aliphatic rings. The van der Waals surface area contributed by atoms with Crippen LogP contribution in [0.2, 0.25) is 4.94 Å². The van der Waals surface area contributed by atoms with Crippen LogP contribution in [-0.2, 0) is 19.3 Å². The first-order chi connectivity index (χ1) is 9.78. The van der Waals surface area contributed by atoms with Gasteiger partial charge in [0.15, 0.2) is 0 Å². The Labute approximate surface area is 135 Å². The van der Waals surface area contributed by atoms with Crippen LogP contribution in [0, 0.1) is 0 Å². The number of nitrogens with zero attached hydrogens (tertiary/aromatic N) is 2. The number of rotatable bonds is 10. The molecule has 0 aromatic carbocycles. The van der Waals surface area contributed by atoms with E-state index in [1.807, 2.05) is 0 Å². The normalized spacial score (nSPS) is 11.0. The minimum atomic E-state index is -0.495. The van der Waals surface area contributed by atoms with Gasteiger partial charge in [-0.05, 0) is 0 Å². The third-order valence-corrected chi connectivity index (χ3v) is 6.33. The van der Waals surface area contributed by atoms with Gasteiger partial charge in [-0.1, -0.05) is 0 Å². The average Bonchev–Trinajstić information content (AvgIpc) is 2.48. The number of hydrogen-bond acceptors (Lipinski definition) is 2. The molecular weight excluding hydrogens is 351 g/mol. The fourth-order valence-electron chi connectivity index (χ4n) is 2.57. The van der Waals surface area contributed by atoms with Gasteiger partial charge in [-0.3, -0.25) is 0 Å². The first-order valence-electron chi connectivity index (χ1n) is 8.33. The van der Waals surface area contributed by atoms with Gasteiger partial charge in [-0.2, -0.15) is 0 Å². The molecule has 1 aromatic heterocycles. The zero-order valence-electron chi connectivity index (χ0n) is 13.8. The van der Waals surface area contributed by atoms with Gasteiger partial charge in [0.1, 0.15) is 0 Å². The standard InChI is InChI=1S/C16H27N2.CH3.Sn/c1-4-7-10-14-13-17-18-16(12-9-6-3)15(14)11-8-5-2;;/h4-12H2,1-3H3;1H3;. The van der Waals surface area contributed by atoms with Crippen LogP contribution in [0.25, 0.3) is 0 Å². The van der Waals surface area contributed by atoms with E-state index < -0.39 is 21.1 Å². The molecule has 0 spiro atoms. The van der Waals surface area contributed by atoms with Crippen LogP contribution >= 0.6 is 0 Å². The van der Waals surface area contributed by atoms with E-state index in [0.717, 1.165) is 6.42 Å². The van der Waals surface area contributed by atoms with Crippen LogP contribution in [0.1, 0.15) is 76.1 Å². The van der Waals surface area contributed by atoms with Crippen LogP contribution in [0.5, 0.6) is 0 Å². The molecule has 2 nitrogen and oxygen atoms in total. The molecule has 0 bridgehead atoms. The molecule has 20 heavy (non-hydrogen) atoms. The first-order valence-corrected chi connectivity index (χ1v) is 12.6. The van der Waals surface area contributed by atoms with E-state index in [-0.39, 0.29) is 0 Å². The minimum absolute atomic E-state index is 0.495. The summed E-state index contributed by atoms with van der Waals surface area (Å²) in [6.07, 6.45) is 11.2. The van der Waals surface area contributed by atoms with Gasteiger partial charge in [0, 0.05) is 0 Å². The van der Waals surface area contributed by atoms with Crippen LogP contribution in [0.4, 0.5) is 0 Å². The topological polar surface area (TPSA) is 25.8 Å². The second-order valence-electron chi connectivity index (χ2n) is 5.51. The maximum atomic E-state index is 4.60. The Bertz CT molecular complexity index is 391. The quantitative estimate of drug-likeness (QED) is 0.575. The van der Waals surface area contributed by atoms with Crippen LogP contribution < -0.4 is 3.71 Å². The summed E-state index contributed by atoms with van der Waals surface area (Å²) in [5.41, 5.74) is 4.50. The molecule has 0 fully saturated rings. The molecule has 112 valence electrons. The zero-order chi connectivity index (χ0) is 14.8. The van der Waals surface area contributed by atoms with E-state index in [9.17, 15) is 0 Å². The van der Waals surface area contributed by atoms with Crippen LogP contribution in [0.15, 0.2) is 0 Å². The fourth-order valence-corrected chi connectivity index (χ4v) is 4.64. The second kappa shape index (κ2) is 10.6. The van der Waals surface area contributed by atoms with Crippen LogP contribution in [0.3, 0.4) is 0 Å². The molecule has 0 aliphatic carbocycles. The molecule has 0 saturated heterocycles. The van der Waals surface area contributed by atoms with Crippen LogP contribution in [-0.4, -0.2) is 31.3 Å². The van der Waals surface area contributed by atoms with Crippen molar-refractivity contribution in [1.29, 1.82) is 0 Å². The molecule has 1 rings (SSSR count). The van der Waals surface area contributed by atoms with Crippen molar-refractivity contribution in [2.24, 2.45) is 0 Å². The van der Waals surface area contributed by atoms with Crippen molar-refractivity contribution in [2.45, 2.75) is 83.5 Å². The first kappa shape index (κ1) is 17.9. The summed E-state index contributed by atoms with van der Waals surface area (Å²) in [6.45, 7) is 6.82. The van der Waals surface area contributed by atoms with E-state index in [1.54, 1.807) is 11.1 Å². The summed E-state index contributed by atoms with van der Waals surface area (Å²) in [4.78, 5) is 2.37. The Hall–Kier alpha value is -0.121. The van der Waals surface area contributed by atoms with Gasteiger partial charge in [0.25, 0.3) is 0 Å². The van der Waals surface area contributed by atoms with Crippen molar-refractivity contribution in [1.82, 2.24) is 10.2 Å². The van der Waals surface area contributed by atoms with Crippen molar-refractivity contribution < 1.29 is 0 Å². The van der Waals surface area contributed by atoms with Crippen molar-refractivity contribution in [2.75, 3.05) is 0 Å². The van der Waals surface area contributed by atoms with Gasteiger partial charge in [-0.25, -0.2) is 0 Å². The summed E-state index contributed by atoms with van der Waals surface area (Å²) < 4.78 is 1.41. The molecule has 0 amide bonds. The third-order valence-electron chi connectivity index (χ3n) is 3.83. The van der Waals surface area contributed by atoms with Crippen molar-refractivity contribution in [3.63, 3.8) is 0 Å². The third kappa shape index (κ3) is 5.34. The number of aromatic nitrogens is 2. The summed E-state index contributed by atoms with van der Waals surface area (Å²) in [5, 5.41) is 9.20. The maximum absolute atomic E-state index is 4.60. The SMILES string of the molecule is CCCCc1nn[c]([Sn][CH3])c(CCCC)c1CCCC. The summed E-state index contributed by atoms with van der Waals surface area (Å²) in [6, 6.07) is 0. The summed E-state index contributed by atoms with van der Waals surface area (Å²) in [5.74, 6) is 0. The van der Waals surface area contributed by atoms with Gasteiger partial charge in [0.05, 0.1) is 0 Å². The van der Waals surface area contributed by atoms with Gasteiger partial charge in [-0.15, -0.1) is 0 Å². The molecule has 2 radical (unpaired) electrons. The molecule has 0 aliphatic heterocycles. The Morgan fingerprint density at radius 2 is 1.30 bits per heavy atom. The summed E-state index contributed by atoms with van der Waals surface area (Å²) >= 11 is -0.495. The van der Waals surface area contributed by atoms with Crippen molar-refractivity contribution in [3.8, 4) is 0 Å². The Morgan fingerprint density at radius 3 is 1.85 bits per heavy atom. The molecule has 0 atom stereocenters. The molecule has 0 N–H and O–H groups in total. The Kier molecular flexibility index (Phi) is 9.49. The number of unbranched alkanes of at least 4 members (excludes halogenated alkanes) is 3. The average molecular weight is 381 g/mol. The van der Waals surface area contributed by atoms with Gasteiger partial charge >= 0.3 is 135 Å². The molecule has 0 unspecified atom stereocenters. The Balaban J connectivity index is 3.09. The summed E-state index contributed by atoms with van der Waals surface area (Å²) in [7, 11) is 0. The number of hydrogen-bond donors (Lipinski definition) is 0. The molecule has 0 saturated carbocycles. The van der Waals surface area contributed by atoms with Gasteiger partial charge < -0.3 is 0 Å². The van der Waals surface area contributed by atoms with Crippen molar-refractivity contribution >= 4 is 24.9 Å². The van der Waals surface area contributed by atoms with E-state index in [2.05, 4.69) is 35.9 Å². The second-order valence-corrected chi connectivity index (χ2v) is 8.29. The molecule has 1 aromatic rings. The Morgan fingerprint density at radius 1 is 0.750 bits per heavy atom. The molecular formula is C17H30N2Sn.